The van der Waals surface area contributed by atoms with Crippen molar-refractivity contribution in [1.29, 1.82) is 0 Å². The van der Waals surface area contributed by atoms with Gasteiger partial charge in [0.05, 0.1) is 6.20 Å². The van der Waals surface area contributed by atoms with Gasteiger partial charge in [-0.15, -0.1) is 0 Å². The molecular formula is C16H16N2O3. The molecular weight excluding hydrogens is 268 g/mol. The molecule has 0 amide bonds. The van der Waals surface area contributed by atoms with Crippen LogP contribution >= 0.6 is 0 Å². The van der Waals surface area contributed by atoms with Gasteiger partial charge in [-0.05, 0) is 49.9 Å². The van der Waals surface area contributed by atoms with E-state index in [0.717, 1.165) is 25.7 Å². The van der Waals surface area contributed by atoms with Gasteiger partial charge < -0.3 is 9.47 Å². The molecule has 0 N–H and O–H groups in total. The minimum absolute atomic E-state index is 0.0175. The minimum Gasteiger partial charge on any atom is -0.459 e. The second-order valence-corrected chi connectivity index (χ2v) is 4.96. The lowest BCUT2D eigenvalue weighted by Crippen LogP contribution is -2.15. The van der Waals surface area contributed by atoms with Crippen LogP contribution in [-0.2, 0) is 4.74 Å². The minimum atomic E-state index is -0.381. The highest BCUT2D eigenvalue weighted by atomic mass is 16.5. The van der Waals surface area contributed by atoms with E-state index in [0.29, 0.717) is 11.3 Å². The lowest BCUT2D eigenvalue weighted by atomic mass is 10.2. The Kier molecular flexibility index (Phi) is 4.09. The van der Waals surface area contributed by atoms with Gasteiger partial charge in [0.1, 0.15) is 17.4 Å². The number of aromatic nitrogens is 2. The maximum absolute atomic E-state index is 12.3. The summed E-state index contributed by atoms with van der Waals surface area (Å²) < 4.78 is 11.1. The van der Waals surface area contributed by atoms with Crippen LogP contribution in [0.15, 0.2) is 42.9 Å². The molecule has 3 rings (SSSR count). The van der Waals surface area contributed by atoms with Gasteiger partial charge in [0.15, 0.2) is 0 Å². The Bertz CT molecular complexity index is 610. The van der Waals surface area contributed by atoms with Gasteiger partial charge in [0.25, 0.3) is 0 Å². The average Bonchev–Trinajstić information content (AvgIpc) is 3.02. The molecule has 0 spiro atoms. The van der Waals surface area contributed by atoms with Gasteiger partial charge in [-0.1, -0.05) is 0 Å². The largest absolute Gasteiger partial charge is 0.459 e. The van der Waals surface area contributed by atoms with E-state index in [2.05, 4.69) is 9.97 Å². The molecule has 2 aromatic heterocycles. The number of carbonyl (C=O) groups is 1. The summed E-state index contributed by atoms with van der Waals surface area (Å²) in [4.78, 5) is 20.3. The quantitative estimate of drug-likeness (QED) is 0.805. The van der Waals surface area contributed by atoms with Crippen LogP contribution in [0.1, 0.15) is 36.0 Å². The van der Waals surface area contributed by atoms with Gasteiger partial charge in [-0.2, -0.15) is 0 Å². The summed E-state index contributed by atoms with van der Waals surface area (Å²) in [6.07, 6.45) is 8.92. The lowest BCUT2D eigenvalue weighted by Gasteiger charge is -2.13. The van der Waals surface area contributed by atoms with E-state index in [1.165, 1.54) is 0 Å². The molecule has 2 heterocycles. The van der Waals surface area contributed by atoms with Crippen molar-refractivity contribution in [2.45, 2.75) is 31.8 Å². The van der Waals surface area contributed by atoms with Crippen LogP contribution in [0, 0.1) is 0 Å². The topological polar surface area (TPSA) is 61.3 Å². The summed E-state index contributed by atoms with van der Waals surface area (Å²) in [5.41, 5.74) is 0.341. The van der Waals surface area contributed by atoms with Gasteiger partial charge in [-0.25, -0.2) is 9.78 Å². The van der Waals surface area contributed by atoms with Crippen LogP contribution in [0.3, 0.4) is 0 Å². The van der Waals surface area contributed by atoms with E-state index in [4.69, 9.17) is 9.47 Å². The summed E-state index contributed by atoms with van der Waals surface area (Å²) in [5, 5.41) is 0. The Labute approximate surface area is 123 Å². The molecule has 0 saturated heterocycles. The number of ether oxygens (including phenoxy) is 2. The van der Waals surface area contributed by atoms with Crippen LogP contribution < -0.4 is 4.74 Å². The molecule has 1 aliphatic carbocycles. The molecule has 0 aliphatic heterocycles. The van der Waals surface area contributed by atoms with Gasteiger partial charge in [-0.3, -0.25) is 4.98 Å². The van der Waals surface area contributed by atoms with Crippen LogP contribution in [0.4, 0.5) is 0 Å². The fraction of sp³-hybridized carbons (Fsp3) is 0.312. The monoisotopic (exact) mass is 284 g/mol. The maximum Gasteiger partial charge on any atom is 0.343 e. The van der Waals surface area contributed by atoms with Crippen molar-refractivity contribution in [2.24, 2.45) is 0 Å². The average molecular weight is 284 g/mol. The van der Waals surface area contributed by atoms with Crippen molar-refractivity contribution in [3.8, 4) is 11.6 Å². The predicted molar refractivity (Wildman–Crippen MR) is 76.2 cm³/mol. The van der Waals surface area contributed by atoms with E-state index in [9.17, 15) is 4.79 Å². The van der Waals surface area contributed by atoms with Crippen molar-refractivity contribution in [2.75, 3.05) is 0 Å². The Balaban J connectivity index is 1.77. The fourth-order valence-electron chi connectivity index (χ4n) is 2.37. The smallest absolute Gasteiger partial charge is 0.343 e. The molecule has 0 bridgehead atoms. The van der Waals surface area contributed by atoms with Crippen LogP contribution in [-0.4, -0.2) is 22.0 Å². The number of carbonyl (C=O) groups excluding carboxylic acids is 1. The zero-order valence-electron chi connectivity index (χ0n) is 11.6. The summed E-state index contributed by atoms with van der Waals surface area (Å²) in [6.45, 7) is 0. The van der Waals surface area contributed by atoms with E-state index >= 15 is 0 Å². The first-order chi connectivity index (χ1) is 10.3. The van der Waals surface area contributed by atoms with Gasteiger partial charge in [0, 0.05) is 12.4 Å². The van der Waals surface area contributed by atoms with Crippen LogP contribution in [0.25, 0.3) is 0 Å². The number of hydrogen-bond donors (Lipinski definition) is 0. The first-order valence-corrected chi connectivity index (χ1v) is 7.07. The Morgan fingerprint density at radius 1 is 1.14 bits per heavy atom. The maximum atomic E-state index is 12.3. The number of pyridine rings is 2. The Morgan fingerprint density at radius 3 is 2.71 bits per heavy atom. The molecule has 108 valence electrons. The van der Waals surface area contributed by atoms with Crippen molar-refractivity contribution >= 4 is 5.97 Å². The molecule has 1 aliphatic rings. The van der Waals surface area contributed by atoms with Gasteiger partial charge in [0.2, 0.25) is 5.88 Å². The first-order valence-electron chi connectivity index (χ1n) is 7.07. The van der Waals surface area contributed by atoms with Crippen LogP contribution in [0.5, 0.6) is 11.6 Å². The molecule has 0 atom stereocenters. The van der Waals surface area contributed by atoms with E-state index in [1.807, 2.05) is 0 Å². The molecule has 2 aromatic rings. The van der Waals surface area contributed by atoms with Crippen LogP contribution in [0.2, 0.25) is 0 Å². The molecule has 1 fully saturated rings. The Hall–Kier alpha value is -2.43. The van der Waals surface area contributed by atoms with E-state index in [1.54, 1.807) is 42.9 Å². The first kappa shape index (κ1) is 13.5. The summed E-state index contributed by atoms with van der Waals surface area (Å²) in [6, 6.07) is 6.87. The highest BCUT2D eigenvalue weighted by Gasteiger charge is 2.23. The summed E-state index contributed by atoms with van der Waals surface area (Å²) in [5.74, 6) is 0.397. The van der Waals surface area contributed by atoms with E-state index < -0.39 is 0 Å². The predicted octanol–water partition coefficient (Wildman–Crippen LogP) is 3.37. The molecule has 0 radical (unpaired) electrons. The van der Waals surface area contributed by atoms with E-state index in [-0.39, 0.29) is 18.0 Å². The van der Waals surface area contributed by atoms with Crippen molar-refractivity contribution in [1.82, 2.24) is 9.97 Å². The van der Waals surface area contributed by atoms with Crippen molar-refractivity contribution < 1.29 is 14.3 Å². The standard InChI is InChI=1S/C16H16N2O3/c19-16(21-12-5-1-2-6-12)14-8-4-10-18-15(14)20-13-7-3-9-17-11-13/h3-4,7-12H,1-2,5-6H2. The van der Waals surface area contributed by atoms with Crippen molar-refractivity contribution in [3.05, 3.63) is 48.4 Å². The van der Waals surface area contributed by atoms with Gasteiger partial charge >= 0.3 is 5.97 Å². The second-order valence-electron chi connectivity index (χ2n) is 4.96. The number of nitrogens with zero attached hydrogens (tertiary/aromatic N) is 2. The fourth-order valence-corrected chi connectivity index (χ4v) is 2.37. The van der Waals surface area contributed by atoms with Crippen molar-refractivity contribution in [3.63, 3.8) is 0 Å². The molecule has 5 heteroatoms. The third-order valence-corrected chi connectivity index (χ3v) is 3.42. The normalized spacial score (nSPS) is 14.9. The number of hydrogen-bond acceptors (Lipinski definition) is 5. The Morgan fingerprint density at radius 2 is 1.95 bits per heavy atom. The number of esters is 1. The molecule has 1 saturated carbocycles. The zero-order valence-corrected chi connectivity index (χ0v) is 11.6. The highest BCUT2D eigenvalue weighted by molar-refractivity contribution is 5.92. The molecule has 0 unspecified atom stereocenters. The molecule has 5 nitrogen and oxygen atoms in total. The molecule has 21 heavy (non-hydrogen) atoms. The highest BCUT2D eigenvalue weighted by Crippen LogP contribution is 2.26. The SMILES string of the molecule is O=C(OC1CCCC1)c1cccnc1Oc1cccnc1. The lowest BCUT2D eigenvalue weighted by molar-refractivity contribution is 0.0314. The summed E-state index contributed by atoms with van der Waals surface area (Å²) in [7, 11) is 0. The third-order valence-electron chi connectivity index (χ3n) is 3.42. The second kappa shape index (κ2) is 6.35. The molecule has 0 aromatic carbocycles. The summed E-state index contributed by atoms with van der Waals surface area (Å²) >= 11 is 0. The number of rotatable bonds is 4. The zero-order chi connectivity index (χ0) is 14.5. The third kappa shape index (κ3) is 3.37.